The Morgan fingerprint density at radius 1 is 0.971 bits per heavy atom. The van der Waals surface area contributed by atoms with Gasteiger partial charge < -0.3 is 16.0 Å². The topological polar surface area (TPSA) is 61.6 Å². The first-order valence-corrected chi connectivity index (χ1v) is 12.1. The molecular weight excluding hydrogens is 488 g/mol. The fourth-order valence-corrected chi connectivity index (χ4v) is 4.75. The molecule has 0 unspecified atom stereocenters. The zero-order valence-electron chi connectivity index (χ0n) is 19.7. The standard InChI is InChI=1S/C24H37F3N4O.2ClH/c25-24(26,27)21-18-20(10-11-22(21)28)31-16-14-30(15-17-31)13-7-2-1-6-12-29-23(32)19-8-4-3-5-9-19;;/h10-11,18-19H,1-9,12-17,28H2,(H,29,32);2*1H. The van der Waals surface area contributed by atoms with Gasteiger partial charge >= 0.3 is 6.18 Å². The molecule has 0 bridgehead atoms. The molecule has 2 fully saturated rings. The van der Waals surface area contributed by atoms with Gasteiger partial charge in [-0.2, -0.15) is 13.2 Å². The normalized spacial score (nSPS) is 17.6. The number of carbonyl (C=O) groups excluding carboxylic acids is 1. The van der Waals surface area contributed by atoms with Crippen molar-refractivity contribution in [2.45, 2.75) is 64.0 Å². The lowest BCUT2D eigenvalue weighted by atomic mass is 9.89. The van der Waals surface area contributed by atoms with Crippen LogP contribution in [0.15, 0.2) is 18.2 Å². The van der Waals surface area contributed by atoms with Crippen molar-refractivity contribution in [3.63, 3.8) is 0 Å². The Balaban J connectivity index is 0.00000289. The summed E-state index contributed by atoms with van der Waals surface area (Å²) in [5.74, 6) is 0.474. The van der Waals surface area contributed by atoms with E-state index in [9.17, 15) is 18.0 Å². The number of nitrogens with one attached hydrogen (secondary N) is 1. The van der Waals surface area contributed by atoms with Crippen LogP contribution < -0.4 is 16.0 Å². The summed E-state index contributed by atoms with van der Waals surface area (Å²) in [4.78, 5) is 16.5. The molecule has 0 aromatic heterocycles. The number of piperazine rings is 1. The van der Waals surface area contributed by atoms with Crippen molar-refractivity contribution >= 4 is 42.1 Å². The summed E-state index contributed by atoms with van der Waals surface area (Å²) in [5, 5.41) is 3.10. The highest BCUT2D eigenvalue weighted by molar-refractivity contribution is 5.85. The number of alkyl halides is 3. The van der Waals surface area contributed by atoms with Gasteiger partial charge in [0.15, 0.2) is 0 Å². The number of hydrogen-bond donors (Lipinski definition) is 2. The number of unbranched alkanes of at least 4 members (excludes halogenated alkanes) is 3. The van der Waals surface area contributed by atoms with E-state index in [1.165, 1.54) is 25.3 Å². The average molecular weight is 528 g/mol. The van der Waals surface area contributed by atoms with E-state index >= 15 is 0 Å². The summed E-state index contributed by atoms with van der Waals surface area (Å²) in [6.07, 6.45) is 5.65. The fourth-order valence-electron chi connectivity index (χ4n) is 4.75. The first-order valence-electron chi connectivity index (χ1n) is 12.1. The molecule has 10 heteroatoms. The number of anilines is 2. The largest absolute Gasteiger partial charge is 0.418 e. The van der Waals surface area contributed by atoms with Gasteiger partial charge in [-0.3, -0.25) is 9.69 Å². The van der Waals surface area contributed by atoms with Crippen LogP contribution >= 0.6 is 24.8 Å². The molecule has 0 atom stereocenters. The van der Waals surface area contributed by atoms with Crippen LogP contribution in [-0.4, -0.2) is 50.1 Å². The van der Waals surface area contributed by atoms with E-state index < -0.39 is 11.7 Å². The van der Waals surface area contributed by atoms with Gasteiger partial charge in [-0.05, 0) is 50.4 Å². The molecule has 2 aliphatic rings. The Bertz CT molecular complexity index is 737. The molecule has 196 valence electrons. The van der Waals surface area contributed by atoms with Crippen LogP contribution in [-0.2, 0) is 11.0 Å². The molecule has 1 aromatic rings. The van der Waals surface area contributed by atoms with Crippen LogP contribution in [0.5, 0.6) is 0 Å². The second-order valence-corrected chi connectivity index (χ2v) is 9.14. The molecule has 0 spiro atoms. The molecule has 3 N–H and O–H groups in total. The summed E-state index contributed by atoms with van der Waals surface area (Å²) in [6.45, 7) is 4.92. The first kappa shape index (κ1) is 30.7. The maximum Gasteiger partial charge on any atom is 0.418 e. The molecule has 1 aliphatic heterocycles. The van der Waals surface area contributed by atoms with Crippen molar-refractivity contribution in [3.8, 4) is 0 Å². The van der Waals surface area contributed by atoms with E-state index in [4.69, 9.17) is 5.73 Å². The van der Waals surface area contributed by atoms with E-state index in [1.807, 2.05) is 4.90 Å². The van der Waals surface area contributed by atoms with E-state index in [0.717, 1.165) is 70.8 Å². The minimum Gasteiger partial charge on any atom is -0.398 e. The average Bonchev–Trinajstić information content (AvgIpc) is 2.79. The number of amides is 1. The number of rotatable bonds is 9. The number of benzene rings is 1. The molecular formula is C24H39Cl2F3N4O. The van der Waals surface area contributed by atoms with Crippen molar-refractivity contribution < 1.29 is 18.0 Å². The van der Waals surface area contributed by atoms with E-state index in [0.29, 0.717) is 18.8 Å². The molecule has 1 heterocycles. The highest BCUT2D eigenvalue weighted by Gasteiger charge is 2.33. The zero-order chi connectivity index (χ0) is 23.0. The number of hydrogen-bond acceptors (Lipinski definition) is 4. The van der Waals surface area contributed by atoms with Crippen LogP contribution in [0, 0.1) is 5.92 Å². The lowest BCUT2D eigenvalue weighted by Crippen LogP contribution is -2.46. The summed E-state index contributed by atoms with van der Waals surface area (Å²) in [7, 11) is 0. The van der Waals surface area contributed by atoms with Gasteiger partial charge in [0.05, 0.1) is 5.56 Å². The third-order valence-electron chi connectivity index (χ3n) is 6.76. The van der Waals surface area contributed by atoms with Crippen molar-refractivity contribution in [1.82, 2.24) is 10.2 Å². The third-order valence-corrected chi connectivity index (χ3v) is 6.76. The minimum absolute atomic E-state index is 0. The Kier molecular flexibility index (Phi) is 13.4. The molecule has 1 saturated carbocycles. The van der Waals surface area contributed by atoms with E-state index in [1.54, 1.807) is 6.07 Å². The second kappa shape index (κ2) is 14.9. The quantitative estimate of drug-likeness (QED) is 0.329. The fraction of sp³-hybridized carbons (Fsp3) is 0.708. The SMILES string of the molecule is Cl.Cl.Nc1ccc(N2CCN(CCCCCCNC(=O)C3CCCCC3)CC2)cc1C(F)(F)F. The maximum atomic E-state index is 13.1. The van der Waals surface area contributed by atoms with Crippen LogP contribution in [0.25, 0.3) is 0 Å². The highest BCUT2D eigenvalue weighted by Crippen LogP contribution is 2.36. The van der Waals surface area contributed by atoms with Crippen molar-refractivity contribution in [3.05, 3.63) is 23.8 Å². The van der Waals surface area contributed by atoms with Gasteiger partial charge in [0.1, 0.15) is 0 Å². The lowest BCUT2D eigenvalue weighted by Gasteiger charge is -2.36. The monoisotopic (exact) mass is 526 g/mol. The second-order valence-electron chi connectivity index (χ2n) is 9.14. The lowest BCUT2D eigenvalue weighted by molar-refractivity contribution is -0.136. The van der Waals surface area contributed by atoms with Gasteiger partial charge in [-0.25, -0.2) is 0 Å². The number of carbonyl (C=O) groups is 1. The van der Waals surface area contributed by atoms with Crippen LogP contribution in [0.4, 0.5) is 24.5 Å². The van der Waals surface area contributed by atoms with Gasteiger partial charge in [0.2, 0.25) is 5.91 Å². The Hall–Kier alpha value is -1.38. The highest BCUT2D eigenvalue weighted by atomic mass is 35.5. The zero-order valence-corrected chi connectivity index (χ0v) is 21.4. The third kappa shape index (κ3) is 9.34. The van der Waals surface area contributed by atoms with Crippen molar-refractivity contribution in [1.29, 1.82) is 0 Å². The van der Waals surface area contributed by atoms with Crippen molar-refractivity contribution in [2.24, 2.45) is 5.92 Å². The molecule has 5 nitrogen and oxygen atoms in total. The van der Waals surface area contributed by atoms with E-state index in [-0.39, 0.29) is 42.3 Å². The Morgan fingerprint density at radius 3 is 2.26 bits per heavy atom. The molecule has 1 aliphatic carbocycles. The predicted molar refractivity (Wildman–Crippen MR) is 137 cm³/mol. The first-order chi connectivity index (χ1) is 15.3. The molecule has 3 rings (SSSR count). The summed E-state index contributed by atoms with van der Waals surface area (Å²) in [6, 6.07) is 4.19. The Morgan fingerprint density at radius 2 is 1.62 bits per heavy atom. The molecule has 1 aromatic carbocycles. The molecule has 1 amide bonds. The summed E-state index contributed by atoms with van der Waals surface area (Å²) in [5.41, 5.74) is 5.11. The molecule has 1 saturated heterocycles. The number of nitrogens with zero attached hydrogens (tertiary/aromatic N) is 2. The van der Waals surface area contributed by atoms with Crippen LogP contribution in [0.2, 0.25) is 0 Å². The molecule has 34 heavy (non-hydrogen) atoms. The van der Waals surface area contributed by atoms with Crippen molar-refractivity contribution in [2.75, 3.05) is 49.9 Å². The predicted octanol–water partition coefficient (Wildman–Crippen LogP) is 5.51. The van der Waals surface area contributed by atoms with Gasteiger partial charge in [0.25, 0.3) is 0 Å². The number of nitrogens with two attached hydrogens (primary N) is 1. The smallest absolute Gasteiger partial charge is 0.398 e. The minimum atomic E-state index is -4.43. The van der Waals surface area contributed by atoms with Gasteiger partial charge in [0, 0.05) is 50.0 Å². The van der Waals surface area contributed by atoms with E-state index in [2.05, 4.69) is 10.2 Å². The van der Waals surface area contributed by atoms with Crippen LogP contribution in [0.1, 0.15) is 63.4 Å². The Labute approximate surface area is 213 Å². The van der Waals surface area contributed by atoms with Gasteiger partial charge in [-0.1, -0.05) is 32.1 Å². The summed E-state index contributed by atoms with van der Waals surface area (Å²) >= 11 is 0. The number of nitrogen functional groups attached to an aromatic ring is 1. The maximum absolute atomic E-state index is 13.1. The van der Waals surface area contributed by atoms with Crippen LogP contribution in [0.3, 0.4) is 0 Å². The van der Waals surface area contributed by atoms with Gasteiger partial charge in [-0.15, -0.1) is 24.8 Å². The number of halogens is 5. The molecule has 0 radical (unpaired) electrons. The summed E-state index contributed by atoms with van der Waals surface area (Å²) < 4.78 is 39.3.